The molecule has 9 heteroatoms. The fourth-order valence-electron chi connectivity index (χ4n) is 3.37. The van der Waals surface area contributed by atoms with Crippen molar-refractivity contribution in [3.63, 3.8) is 0 Å². The summed E-state index contributed by atoms with van der Waals surface area (Å²) in [4.78, 5) is 12.5. The van der Waals surface area contributed by atoms with E-state index >= 15 is 0 Å². The van der Waals surface area contributed by atoms with Crippen LogP contribution in [0.15, 0.2) is 78.0 Å². The third-order valence-corrected chi connectivity index (χ3v) is 6.21. The van der Waals surface area contributed by atoms with Crippen LogP contribution < -0.4 is 15.4 Å². The Labute approximate surface area is 213 Å². The molecule has 180 valence electrons. The third-order valence-electron chi connectivity index (χ3n) is 5.05. The number of hydrogen-bond acceptors (Lipinski definition) is 6. The van der Waals surface area contributed by atoms with Crippen LogP contribution in [0.2, 0.25) is 5.02 Å². The Kier molecular flexibility index (Phi) is 8.28. The standard InChI is InChI=1S/C26H26ClN5O2S/c1-3-34-23-13-9-20(10-14-23)28-16-24-30-31-26(32(24)22-11-7-18(2)8-12-22)35-17-25(33)29-21-6-4-5-19(27)15-21/h4-15,28H,3,16-17H2,1-2H3,(H,29,33). The van der Waals surface area contributed by atoms with Gasteiger partial charge >= 0.3 is 0 Å². The van der Waals surface area contributed by atoms with E-state index in [0.29, 0.717) is 29.0 Å². The number of carbonyl (C=O) groups is 1. The van der Waals surface area contributed by atoms with Gasteiger partial charge in [0.15, 0.2) is 11.0 Å². The average Bonchev–Trinajstić information content (AvgIpc) is 3.26. The maximum absolute atomic E-state index is 12.5. The molecule has 4 rings (SSSR count). The molecule has 0 unspecified atom stereocenters. The van der Waals surface area contributed by atoms with Gasteiger partial charge in [0.25, 0.3) is 0 Å². The van der Waals surface area contributed by atoms with Gasteiger partial charge in [-0.3, -0.25) is 9.36 Å². The number of aryl methyl sites for hydroxylation is 1. The zero-order valence-electron chi connectivity index (χ0n) is 19.5. The van der Waals surface area contributed by atoms with Crippen molar-refractivity contribution in [1.29, 1.82) is 0 Å². The number of halogens is 1. The number of benzene rings is 3. The highest BCUT2D eigenvalue weighted by Crippen LogP contribution is 2.24. The van der Waals surface area contributed by atoms with Crippen LogP contribution >= 0.6 is 23.4 Å². The van der Waals surface area contributed by atoms with Crippen molar-refractivity contribution in [3.05, 3.63) is 89.2 Å². The minimum atomic E-state index is -0.148. The van der Waals surface area contributed by atoms with Crippen LogP contribution in [-0.2, 0) is 11.3 Å². The average molecular weight is 508 g/mol. The predicted octanol–water partition coefficient (Wildman–Crippen LogP) is 5.97. The number of aromatic nitrogens is 3. The summed E-state index contributed by atoms with van der Waals surface area (Å²) in [6.45, 7) is 5.09. The highest BCUT2D eigenvalue weighted by Gasteiger charge is 2.16. The van der Waals surface area contributed by atoms with Gasteiger partial charge in [-0.05, 0) is 68.4 Å². The van der Waals surface area contributed by atoms with Crippen LogP contribution in [0.5, 0.6) is 5.75 Å². The predicted molar refractivity (Wildman–Crippen MR) is 142 cm³/mol. The number of anilines is 2. The number of rotatable bonds is 10. The van der Waals surface area contributed by atoms with Gasteiger partial charge in [-0.1, -0.05) is 47.1 Å². The minimum Gasteiger partial charge on any atom is -0.494 e. The first-order valence-electron chi connectivity index (χ1n) is 11.2. The van der Waals surface area contributed by atoms with E-state index in [1.807, 2.05) is 66.9 Å². The first-order valence-corrected chi connectivity index (χ1v) is 12.5. The van der Waals surface area contributed by atoms with Gasteiger partial charge in [0.05, 0.1) is 18.9 Å². The number of thioether (sulfide) groups is 1. The lowest BCUT2D eigenvalue weighted by Crippen LogP contribution is -2.15. The van der Waals surface area contributed by atoms with E-state index in [1.54, 1.807) is 24.3 Å². The Morgan fingerprint density at radius 3 is 2.51 bits per heavy atom. The van der Waals surface area contributed by atoms with E-state index < -0.39 is 0 Å². The summed E-state index contributed by atoms with van der Waals surface area (Å²) in [6.07, 6.45) is 0. The minimum absolute atomic E-state index is 0.148. The SMILES string of the molecule is CCOc1ccc(NCc2nnc(SCC(=O)Nc3cccc(Cl)c3)n2-c2ccc(C)cc2)cc1. The van der Waals surface area contributed by atoms with Crippen LogP contribution in [0.25, 0.3) is 5.69 Å². The van der Waals surface area contributed by atoms with Gasteiger partial charge in [0.1, 0.15) is 5.75 Å². The summed E-state index contributed by atoms with van der Waals surface area (Å²) in [7, 11) is 0. The Morgan fingerprint density at radius 1 is 1.03 bits per heavy atom. The molecule has 35 heavy (non-hydrogen) atoms. The molecule has 4 aromatic rings. The molecule has 0 spiro atoms. The van der Waals surface area contributed by atoms with Crippen LogP contribution in [0, 0.1) is 6.92 Å². The van der Waals surface area contributed by atoms with Crippen molar-refractivity contribution in [3.8, 4) is 11.4 Å². The Hall–Kier alpha value is -3.49. The molecule has 0 fully saturated rings. The maximum Gasteiger partial charge on any atom is 0.234 e. The van der Waals surface area contributed by atoms with Gasteiger partial charge in [0, 0.05) is 22.1 Å². The molecule has 0 aliphatic carbocycles. The summed E-state index contributed by atoms with van der Waals surface area (Å²) in [5.74, 6) is 1.60. The number of carbonyl (C=O) groups excluding carboxylic acids is 1. The van der Waals surface area contributed by atoms with E-state index in [9.17, 15) is 4.79 Å². The van der Waals surface area contributed by atoms with E-state index in [2.05, 4.69) is 20.8 Å². The Balaban J connectivity index is 1.48. The Bertz CT molecular complexity index is 1280. The maximum atomic E-state index is 12.5. The normalized spacial score (nSPS) is 10.7. The van der Waals surface area contributed by atoms with E-state index in [0.717, 1.165) is 28.5 Å². The molecule has 0 saturated carbocycles. The van der Waals surface area contributed by atoms with Crippen molar-refractivity contribution in [1.82, 2.24) is 14.8 Å². The van der Waals surface area contributed by atoms with Crippen LogP contribution in [0.3, 0.4) is 0 Å². The molecule has 0 saturated heterocycles. The first-order chi connectivity index (χ1) is 17.0. The number of ether oxygens (including phenoxy) is 1. The molecular formula is C26H26ClN5O2S. The smallest absolute Gasteiger partial charge is 0.234 e. The number of amides is 1. The molecule has 7 nitrogen and oxygen atoms in total. The highest BCUT2D eigenvalue weighted by molar-refractivity contribution is 7.99. The molecule has 3 aromatic carbocycles. The molecule has 1 aromatic heterocycles. The van der Waals surface area contributed by atoms with Gasteiger partial charge in [-0.25, -0.2) is 0 Å². The second-order valence-corrected chi connectivity index (χ2v) is 9.11. The van der Waals surface area contributed by atoms with Crippen molar-refractivity contribution in [2.75, 3.05) is 23.0 Å². The third kappa shape index (κ3) is 6.77. The lowest BCUT2D eigenvalue weighted by Gasteiger charge is -2.12. The van der Waals surface area contributed by atoms with E-state index in [1.165, 1.54) is 11.8 Å². The molecule has 0 bridgehead atoms. The summed E-state index contributed by atoms with van der Waals surface area (Å²) >= 11 is 7.34. The molecule has 0 aliphatic rings. The molecule has 0 aliphatic heterocycles. The summed E-state index contributed by atoms with van der Waals surface area (Å²) < 4.78 is 7.48. The van der Waals surface area contributed by atoms with Crippen molar-refractivity contribution < 1.29 is 9.53 Å². The topological polar surface area (TPSA) is 81.1 Å². The zero-order chi connectivity index (χ0) is 24.6. The van der Waals surface area contributed by atoms with E-state index in [-0.39, 0.29) is 11.7 Å². The van der Waals surface area contributed by atoms with Gasteiger partial charge in [-0.2, -0.15) is 0 Å². The van der Waals surface area contributed by atoms with E-state index in [4.69, 9.17) is 16.3 Å². The van der Waals surface area contributed by atoms with Crippen LogP contribution in [-0.4, -0.2) is 33.0 Å². The van der Waals surface area contributed by atoms with Gasteiger partial charge in [0.2, 0.25) is 5.91 Å². The van der Waals surface area contributed by atoms with Crippen LogP contribution in [0.1, 0.15) is 18.3 Å². The second-order valence-electron chi connectivity index (χ2n) is 7.73. The summed E-state index contributed by atoms with van der Waals surface area (Å²) in [5, 5.41) is 16.2. The monoisotopic (exact) mass is 507 g/mol. The molecular weight excluding hydrogens is 482 g/mol. The molecule has 1 amide bonds. The molecule has 1 heterocycles. The number of nitrogens with zero attached hydrogens (tertiary/aromatic N) is 3. The Morgan fingerprint density at radius 2 is 1.80 bits per heavy atom. The van der Waals surface area contributed by atoms with Gasteiger partial charge < -0.3 is 15.4 Å². The highest BCUT2D eigenvalue weighted by atomic mass is 35.5. The molecule has 0 atom stereocenters. The molecule has 2 N–H and O–H groups in total. The van der Waals surface area contributed by atoms with Gasteiger partial charge in [-0.15, -0.1) is 10.2 Å². The van der Waals surface area contributed by atoms with Crippen molar-refractivity contribution >= 4 is 40.6 Å². The zero-order valence-corrected chi connectivity index (χ0v) is 21.1. The van der Waals surface area contributed by atoms with Crippen molar-refractivity contribution in [2.45, 2.75) is 25.5 Å². The molecule has 0 radical (unpaired) electrons. The number of nitrogens with one attached hydrogen (secondary N) is 2. The van der Waals surface area contributed by atoms with Crippen molar-refractivity contribution in [2.24, 2.45) is 0 Å². The summed E-state index contributed by atoms with van der Waals surface area (Å²) in [6, 6.07) is 23.0. The second kappa shape index (κ2) is 11.8. The fraction of sp³-hybridized carbons (Fsp3) is 0.192. The fourth-order valence-corrected chi connectivity index (χ4v) is 4.33. The number of hydrogen-bond donors (Lipinski definition) is 2. The summed E-state index contributed by atoms with van der Waals surface area (Å²) in [5.41, 5.74) is 3.69. The lowest BCUT2D eigenvalue weighted by atomic mass is 10.2. The quantitative estimate of drug-likeness (QED) is 0.257. The lowest BCUT2D eigenvalue weighted by molar-refractivity contribution is -0.113. The largest absolute Gasteiger partial charge is 0.494 e. The van der Waals surface area contributed by atoms with Crippen LogP contribution in [0.4, 0.5) is 11.4 Å². The first kappa shape index (κ1) is 24.6.